The van der Waals surface area contributed by atoms with Crippen molar-refractivity contribution >= 4 is 62.4 Å². The summed E-state index contributed by atoms with van der Waals surface area (Å²) in [6, 6.07) is 17.5. The SMILES string of the molecule is CCC(C(=O)O)n1/c(=N/C(=O)c2ccc(C)cc2)sc2cc(NC(=O)Nc3cccc(Cl)c3)ccc21. The van der Waals surface area contributed by atoms with Crippen LogP contribution in [0.25, 0.3) is 10.2 Å². The number of nitrogens with one attached hydrogen (secondary N) is 2. The van der Waals surface area contributed by atoms with Gasteiger partial charge < -0.3 is 20.3 Å². The van der Waals surface area contributed by atoms with Crippen LogP contribution in [0.1, 0.15) is 35.3 Å². The number of aliphatic carboxylic acids is 1. The van der Waals surface area contributed by atoms with E-state index in [0.29, 0.717) is 38.6 Å². The first-order chi connectivity index (χ1) is 17.2. The van der Waals surface area contributed by atoms with Crippen LogP contribution < -0.4 is 15.4 Å². The van der Waals surface area contributed by atoms with Crippen LogP contribution in [0, 0.1) is 6.92 Å². The molecule has 8 nitrogen and oxygen atoms in total. The van der Waals surface area contributed by atoms with Gasteiger partial charge in [-0.2, -0.15) is 4.99 Å². The molecule has 4 rings (SSSR count). The Morgan fingerprint density at radius 1 is 1.03 bits per heavy atom. The fourth-order valence-corrected chi connectivity index (χ4v) is 4.97. The Balaban J connectivity index is 1.71. The molecule has 1 aromatic heterocycles. The van der Waals surface area contributed by atoms with Gasteiger partial charge in [0.1, 0.15) is 6.04 Å². The zero-order valence-corrected chi connectivity index (χ0v) is 21.1. The van der Waals surface area contributed by atoms with Gasteiger partial charge in [-0.25, -0.2) is 9.59 Å². The van der Waals surface area contributed by atoms with E-state index in [1.54, 1.807) is 66.1 Å². The molecule has 3 amide bonds. The topological polar surface area (TPSA) is 113 Å². The van der Waals surface area contributed by atoms with Gasteiger partial charge in [0.15, 0.2) is 4.80 Å². The fraction of sp³-hybridized carbons (Fsp3) is 0.154. The van der Waals surface area contributed by atoms with Crippen molar-refractivity contribution in [1.82, 2.24) is 4.57 Å². The lowest BCUT2D eigenvalue weighted by molar-refractivity contribution is -0.140. The summed E-state index contributed by atoms with van der Waals surface area (Å²) in [6.45, 7) is 3.68. The predicted octanol–water partition coefficient (Wildman–Crippen LogP) is 6.09. The first-order valence-corrected chi connectivity index (χ1v) is 12.3. The third-order valence-electron chi connectivity index (χ3n) is 5.45. The molecule has 3 aromatic carbocycles. The number of thiazole rings is 1. The summed E-state index contributed by atoms with van der Waals surface area (Å²) in [5.74, 6) is -1.49. The Bertz CT molecular complexity index is 1530. The number of benzene rings is 3. The molecule has 1 unspecified atom stereocenters. The largest absolute Gasteiger partial charge is 0.480 e. The number of anilines is 2. The Morgan fingerprint density at radius 2 is 1.72 bits per heavy atom. The molecule has 4 aromatic rings. The first-order valence-electron chi connectivity index (χ1n) is 11.1. The second-order valence-electron chi connectivity index (χ2n) is 8.07. The third kappa shape index (κ3) is 5.64. The van der Waals surface area contributed by atoms with Crippen LogP contribution in [0.4, 0.5) is 16.2 Å². The Hall–Kier alpha value is -3.95. The summed E-state index contributed by atoms with van der Waals surface area (Å²) < 4.78 is 2.23. The highest BCUT2D eigenvalue weighted by Gasteiger charge is 2.22. The molecule has 0 aliphatic heterocycles. The molecular formula is C26H23ClN4O4S. The van der Waals surface area contributed by atoms with Gasteiger partial charge in [-0.05, 0) is 61.9 Å². The fourth-order valence-electron chi connectivity index (χ4n) is 3.68. The lowest BCUT2D eigenvalue weighted by Gasteiger charge is -2.14. The number of halogens is 1. The highest BCUT2D eigenvalue weighted by Crippen LogP contribution is 2.26. The van der Waals surface area contributed by atoms with Gasteiger partial charge in [0.25, 0.3) is 5.91 Å². The minimum Gasteiger partial charge on any atom is -0.480 e. The van der Waals surface area contributed by atoms with E-state index in [1.165, 1.54) is 11.3 Å². The molecule has 10 heteroatoms. The number of rotatable bonds is 6. The van der Waals surface area contributed by atoms with Crippen molar-refractivity contribution in [3.8, 4) is 0 Å². The number of carbonyl (C=O) groups excluding carboxylic acids is 2. The molecule has 0 fully saturated rings. The second kappa shape index (κ2) is 10.8. The zero-order chi connectivity index (χ0) is 25.8. The molecule has 0 bridgehead atoms. The lowest BCUT2D eigenvalue weighted by Crippen LogP contribution is -2.27. The number of urea groups is 1. The quantitative estimate of drug-likeness (QED) is 0.284. The van der Waals surface area contributed by atoms with Gasteiger partial charge >= 0.3 is 12.0 Å². The molecule has 36 heavy (non-hydrogen) atoms. The Kier molecular flexibility index (Phi) is 7.52. The van der Waals surface area contributed by atoms with E-state index in [9.17, 15) is 19.5 Å². The maximum Gasteiger partial charge on any atom is 0.326 e. The van der Waals surface area contributed by atoms with Crippen molar-refractivity contribution in [1.29, 1.82) is 0 Å². The van der Waals surface area contributed by atoms with E-state index in [1.807, 2.05) is 19.1 Å². The Morgan fingerprint density at radius 3 is 2.36 bits per heavy atom. The van der Waals surface area contributed by atoms with E-state index in [-0.39, 0.29) is 4.80 Å². The molecule has 1 atom stereocenters. The normalized spacial score (nSPS) is 12.4. The number of aromatic nitrogens is 1. The van der Waals surface area contributed by atoms with Crippen molar-refractivity contribution in [2.24, 2.45) is 4.99 Å². The molecule has 3 N–H and O–H groups in total. The second-order valence-corrected chi connectivity index (χ2v) is 9.52. The van der Waals surface area contributed by atoms with Gasteiger partial charge in [-0.3, -0.25) is 4.79 Å². The average molecular weight is 523 g/mol. The summed E-state index contributed by atoms with van der Waals surface area (Å²) in [5.41, 5.74) is 3.06. The van der Waals surface area contributed by atoms with Crippen LogP contribution >= 0.6 is 22.9 Å². The summed E-state index contributed by atoms with van der Waals surface area (Å²) in [6.07, 6.45) is 0.301. The molecule has 184 valence electrons. The number of carboxylic acids is 1. The number of carbonyl (C=O) groups is 3. The van der Waals surface area contributed by atoms with Gasteiger partial charge in [0, 0.05) is 22.0 Å². The van der Waals surface area contributed by atoms with Gasteiger partial charge in [-0.1, -0.05) is 53.6 Å². The number of nitrogens with zero attached hydrogens (tertiary/aromatic N) is 2. The summed E-state index contributed by atoms with van der Waals surface area (Å²) in [5, 5.41) is 15.8. The highest BCUT2D eigenvalue weighted by molar-refractivity contribution is 7.16. The molecular weight excluding hydrogens is 500 g/mol. The van der Waals surface area contributed by atoms with Crippen LogP contribution in [-0.2, 0) is 4.79 Å². The van der Waals surface area contributed by atoms with Gasteiger partial charge in [-0.15, -0.1) is 0 Å². The van der Waals surface area contributed by atoms with E-state index in [4.69, 9.17) is 11.6 Å². The van der Waals surface area contributed by atoms with Crippen molar-refractivity contribution in [2.75, 3.05) is 10.6 Å². The van der Waals surface area contributed by atoms with Crippen LogP contribution in [0.15, 0.2) is 71.7 Å². The maximum absolute atomic E-state index is 12.8. The summed E-state index contributed by atoms with van der Waals surface area (Å²) in [7, 11) is 0. The van der Waals surface area contributed by atoms with E-state index in [2.05, 4.69) is 15.6 Å². The number of hydrogen-bond acceptors (Lipinski definition) is 4. The van der Waals surface area contributed by atoms with E-state index in [0.717, 1.165) is 5.56 Å². The standard InChI is InChI=1S/C26H23ClN4O4S/c1-3-20(24(33)34)31-21-12-11-19(29-25(35)28-18-6-4-5-17(27)13-18)14-22(21)36-26(31)30-23(32)16-9-7-15(2)8-10-16/h4-14,20H,3H2,1-2H3,(H,33,34)(H2,28,29,35)/b30-26-. The number of fused-ring (bicyclic) bond motifs is 1. The molecule has 0 aliphatic rings. The van der Waals surface area contributed by atoms with Crippen molar-refractivity contribution in [3.63, 3.8) is 0 Å². The highest BCUT2D eigenvalue weighted by atomic mass is 35.5. The number of carboxylic acid groups (broad SMARTS) is 1. The molecule has 0 radical (unpaired) electrons. The zero-order valence-electron chi connectivity index (χ0n) is 19.5. The number of hydrogen-bond donors (Lipinski definition) is 3. The van der Waals surface area contributed by atoms with Crippen LogP contribution in [-0.4, -0.2) is 27.6 Å². The molecule has 1 heterocycles. The first kappa shape index (κ1) is 25.2. The Labute approximate surface area is 215 Å². The minimum atomic E-state index is -1.02. The van der Waals surface area contributed by atoms with Gasteiger partial charge in [0.2, 0.25) is 0 Å². The summed E-state index contributed by atoms with van der Waals surface area (Å²) >= 11 is 7.15. The average Bonchev–Trinajstić information content (AvgIpc) is 3.16. The van der Waals surface area contributed by atoms with E-state index < -0.39 is 23.9 Å². The molecule has 0 saturated heterocycles. The smallest absolute Gasteiger partial charge is 0.326 e. The number of amides is 3. The van der Waals surface area contributed by atoms with Crippen molar-refractivity contribution in [2.45, 2.75) is 26.3 Å². The molecule has 0 spiro atoms. The van der Waals surface area contributed by atoms with Crippen LogP contribution in [0.2, 0.25) is 5.02 Å². The summed E-state index contributed by atoms with van der Waals surface area (Å²) in [4.78, 5) is 41.9. The van der Waals surface area contributed by atoms with Crippen LogP contribution in [0.3, 0.4) is 0 Å². The maximum atomic E-state index is 12.8. The third-order valence-corrected chi connectivity index (χ3v) is 6.70. The molecule has 0 aliphatic carbocycles. The van der Waals surface area contributed by atoms with Crippen LogP contribution in [0.5, 0.6) is 0 Å². The monoisotopic (exact) mass is 522 g/mol. The minimum absolute atomic E-state index is 0.269. The van der Waals surface area contributed by atoms with Crippen molar-refractivity contribution < 1.29 is 19.5 Å². The van der Waals surface area contributed by atoms with Crippen molar-refractivity contribution in [3.05, 3.63) is 87.7 Å². The van der Waals surface area contributed by atoms with E-state index >= 15 is 0 Å². The molecule has 0 saturated carbocycles. The van der Waals surface area contributed by atoms with Gasteiger partial charge in [0.05, 0.1) is 10.2 Å². The predicted molar refractivity (Wildman–Crippen MR) is 142 cm³/mol. The number of aryl methyl sites for hydroxylation is 1. The lowest BCUT2D eigenvalue weighted by atomic mass is 10.1.